The standard InChI is InChI=1S/C10H15NO4/c12-9(13)8-6-11(10(14)15-8)7-4-2-1-3-5-7/h7-8H,1-6H2,(H,12,13)/t8-/m1/s1. The number of ether oxygens (including phenoxy) is 1. The predicted molar refractivity (Wildman–Crippen MR) is 51.5 cm³/mol. The van der Waals surface area contributed by atoms with Gasteiger partial charge in [-0.3, -0.25) is 0 Å². The minimum atomic E-state index is -1.05. The molecule has 1 amide bonds. The van der Waals surface area contributed by atoms with E-state index in [2.05, 4.69) is 0 Å². The van der Waals surface area contributed by atoms with Crippen LogP contribution in [0.25, 0.3) is 0 Å². The molecular formula is C10H15NO4. The normalized spacial score (nSPS) is 27.9. The molecule has 1 aliphatic carbocycles. The van der Waals surface area contributed by atoms with Crippen LogP contribution >= 0.6 is 0 Å². The van der Waals surface area contributed by atoms with Crippen LogP contribution in [0.1, 0.15) is 32.1 Å². The fraction of sp³-hybridized carbons (Fsp3) is 0.800. The third-order valence-corrected chi connectivity index (χ3v) is 3.13. The van der Waals surface area contributed by atoms with E-state index < -0.39 is 18.2 Å². The number of carbonyl (C=O) groups is 2. The van der Waals surface area contributed by atoms with Gasteiger partial charge in [-0.05, 0) is 12.8 Å². The molecule has 1 saturated carbocycles. The number of carboxylic acid groups (broad SMARTS) is 1. The summed E-state index contributed by atoms with van der Waals surface area (Å²) in [5, 5.41) is 8.74. The number of hydrogen-bond acceptors (Lipinski definition) is 3. The Balaban J connectivity index is 1.97. The summed E-state index contributed by atoms with van der Waals surface area (Å²) in [5.41, 5.74) is 0. The lowest BCUT2D eigenvalue weighted by Gasteiger charge is -2.28. The Morgan fingerprint density at radius 1 is 1.33 bits per heavy atom. The van der Waals surface area contributed by atoms with Gasteiger partial charge < -0.3 is 14.7 Å². The molecule has 1 N–H and O–H groups in total. The van der Waals surface area contributed by atoms with Crippen molar-refractivity contribution in [2.24, 2.45) is 0 Å². The molecular weight excluding hydrogens is 198 g/mol. The minimum absolute atomic E-state index is 0.190. The second-order valence-corrected chi connectivity index (χ2v) is 4.15. The Hall–Kier alpha value is -1.26. The predicted octanol–water partition coefficient (Wildman–Crippen LogP) is 1.22. The molecule has 0 spiro atoms. The molecule has 15 heavy (non-hydrogen) atoms. The lowest BCUT2D eigenvalue weighted by atomic mass is 9.94. The highest BCUT2D eigenvalue weighted by Crippen LogP contribution is 2.26. The number of amides is 1. The Kier molecular flexibility index (Phi) is 2.79. The topological polar surface area (TPSA) is 66.8 Å². The molecule has 2 rings (SSSR count). The second kappa shape index (κ2) is 4.08. The first-order chi connectivity index (χ1) is 7.18. The van der Waals surface area contributed by atoms with Crippen molar-refractivity contribution >= 4 is 12.1 Å². The summed E-state index contributed by atoms with van der Waals surface area (Å²) in [7, 11) is 0. The molecule has 0 unspecified atom stereocenters. The quantitative estimate of drug-likeness (QED) is 0.749. The molecule has 0 aromatic carbocycles. The SMILES string of the molecule is O=C(O)[C@H]1CN(C2CCCCC2)C(=O)O1. The van der Waals surface area contributed by atoms with Crippen molar-refractivity contribution in [3.63, 3.8) is 0 Å². The number of nitrogens with zero attached hydrogens (tertiary/aromatic N) is 1. The maximum atomic E-state index is 11.4. The average molecular weight is 213 g/mol. The zero-order valence-electron chi connectivity index (χ0n) is 8.52. The molecule has 5 nitrogen and oxygen atoms in total. The van der Waals surface area contributed by atoms with Crippen LogP contribution in [0.4, 0.5) is 4.79 Å². The van der Waals surface area contributed by atoms with Gasteiger partial charge in [0, 0.05) is 6.04 Å². The van der Waals surface area contributed by atoms with E-state index in [-0.39, 0.29) is 12.6 Å². The minimum Gasteiger partial charge on any atom is -0.478 e. The van der Waals surface area contributed by atoms with Crippen molar-refractivity contribution in [2.75, 3.05) is 6.54 Å². The average Bonchev–Trinajstić information content (AvgIpc) is 2.62. The zero-order valence-corrected chi connectivity index (χ0v) is 8.52. The first-order valence-electron chi connectivity index (χ1n) is 5.38. The molecule has 2 aliphatic rings. The highest BCUT2D eigenvalue weighted by atomic mass is 16.6. The van der Waals surface area contributed by atoms with Gasteiger partial charge in [0.25, 0.3) is 0 Å². The van der Waals surface area contributed by atoms with Gasteiger partial charge in [0.2, 0.25) is 6.10 Å². The Morgan fingerprint density at radius 2 is 2.00 bits per heavy atom. The molecule has 1 aliphatic heterocycles. The van der Waals surface area contributed by atoms with Crippen LogP contribution in [0.3, 0.4) is 0 Å². The Labute approximate surface area is 88.0 Å². The van der Waals surface area contributed by atoms with Crippen molar-refractivity contribution in [2.45, 2.75) is 44.2 Å². The molecule has 2 fully saturated rings. The monoisotopic (exact) mass is 213 g/mol. The molecule has 1 heterocycles. The van der Waals surface area contributed by atoms with Gasteiger partial charge in [0.15, 0.2) is 0 Å². The van der Waals surface area contributed by atoms with E-state index in [1.54, 1.807) is 4.90 Å². The summed E-state index contributed by atoms with van der Waals surface area (Å²) in [6.07, 6.45) is 3.96. The Bertz CT molecular complexity index is 273. The van der Waals surface area contributed by atoms with Gasteiger partial charge in [0.05, 0.1) is 6.54 Å². The lowest BCUT2D eigenvalue weighted by molar-refractivity contribution is -0.144. The van der Waals surface area contributed by atoms with Crippen LogP contribution < -0.4 is 0 Å². The number of cyclic esters (lactones) is 1. The van der Waals surface area contributed by atoms with Crippen molar-refractivity contribution < 1.29 is 19.4 Å². The fourth-order valence-electron chi connectivity index (χ4n) is 2.30. The summed E-state index contributed by atoms with van der Waals surface area (Å²) in [5.74, 6) is -1.05. The molecule has 1 atom stereocenters. The van der Waals surface area contributed by atoms with Gasteiger partial charge in [-0.15, -0.1) is 0 Å². The van der Waals surface area contributed by atoms with Gasteiger partial charge in [0.1, 0.15) is 0 Å². The summed E-state index contributed by atoms with van der Waals surface area (Å²) in [6.45, 7) is 0.207. The number of aliphatic carboxylic acids is 1. The third kappa shape index (κ3) is 2.06. The molecule has 1 saturated heterocycles. The number of rotatable bonds is 2. The fourth-order valence-corrected chi connectivity index (χ4v) is 2.30. The lowest BCUT2D eigenvalue weighted by Crippen LogP contribution is -2.38. The molecule has 0 aromatic rings. The first kappa shape index (κ1) is 10.3. The summed E-state index contributed by atoms with van der Waals surface area (Å²) in [6, 6.07) is 0.190. The van der Waals surface area contributed by atoms with E-state index in [9.17, 15) is 9.59 Å². The largest absolute Gasteiger partial charge is 0.478 e. The molecule has 0 radical (unpaired) electrons. The van der Waals surface area contributed by atoms with Crippen molar-refractivity contribution in [3.8, 4) is 0 Å². The number of hydrogen-bond donors (Lipinski definition) is 1. The smallest absolute Gasteiger partial charge is 0.411 e. The second-order valence-electron chi connectivity index (χ2n) is 4.15. The Morgan fingerprint density at radius 3 is 2.53 bits per heavy atom. The molecule has 0 bridgehead atoms. The third-order valence-electron chi connectivity index (χ3n) is 3.13. The van der Waals surface area contributed by atoms with Crippen molar-refractivity contribution in [1.82, 2.24) is 4.90 Å². The highest BCUT2D eigenvalue weighted by molar-refractivity contribution is 5.81. The van der Waals surface area contributed by atoms with E-state index in [0.717, 1.165) is 25.7 Å². The van der Waals surface area contributed by atoms with E-state index in [0.29, 0.717) is 0 Å². The van der Waals surface area contributed by atoms with Crippen LogP contribution in [0.5, 0.6) is 0 Å². The van der Waals surface area contributed by atoms with Crippen molar-refractivity contribution in [3.05, 3.63) is 0 Å². The maximum absolute atomic E-state index is 11.4. The van der Waals surface area contributed by atoms with Gasteiger partial charge >= 0.3 is 12.1 Å². The van der Waals surface area contributed by atoms with E-state index in [1.165, 1.54) is 6.42 Å². The van der Waals surface area contributed by atoms with Crippen LogP contribution in [-0.2, 0) is 9.53 Å². The zero-order chi connectivity index (χ0) is 10.8. The van der Waals surface area contributed by atoms with E-state index >= 15 is 0 Å². The molecule has 0 aromatic heterocycles. The van der Waals surface area contributed by atoms with Crippen LogP contribution in [-0.4, -0.2) is 40.8 Å². The van der Waals surface area contributed by atoms with E-state index in [4.69, 9.17) is 9.84 Å². The van der Waals surface area contributed by atoms with Gasteiger partial charge in [-0.25, -0.2) is 9.59 Å². The van der Waals surface area contributed by atoms with Crippen LogP contribution in [0, 0.1) is 0 Å². The molecule has 84 valence electrons. The number of carbonyl (C=O) groups excluding carboxylic acids is 1. The summed E-state index contributed by atoms with van der Waals surface area (Å²) < 4.78 is 4.78. The first-order valence-corrected chi connectivity index (χ1v) is 5.38. The summed E-state index contributed by atoms with van der Waals surface area (Å²) >= 11 is 0. The van der Waals surface area contributed by atoms with Crippen molar-refractivity contribution in [1.29, 1.82) is 0 Å². The van der Waals surface area contributed by atoms with Gasteiger partial charge in [-0.1, -0.05) is 19.3 Å². The van der Waals surface area contributed by atoms with Gasteiger partial charge in [-0.2, -0.15) is 0 Å². The number of carboxylic acids is 1. The van der Waals surface area contributed by atoms with E-state index in [1.807, 2.05) is 0 Å². The van der Waals surface area contributed by atoms with Crippen LogP contribution in [0.15, 0.2) is 0 Å². The maximum Gasteiger partial charge on any atom is 0.411 e. The highest BCUT2D eigenvalue weighted by Gasteiger charge is 2.39. The summed E-state index contributed by atoms with van der Waals surface area (Å²) in [4.78, 5) is 23.7. The van der Waals surface area contributed by atoms with Crippen LogP contribution in [0.2, 0.25) is 0 Å². The molecule has 5 heteroatoms.